The zero-order valence-electron chi connectivity index (χ0n) is 11.9. The number of rotatable bonds is 5. The maximum Gasteiger partial charge on any atom is 0.216 e. The van der Waals surface area contributed by atoms with Gasteiger partial charge >= 0.3 is 0 Å². The smallest absolute Gasteiger partial charge is 0.216 e. The molecule has 18 heavy (non-hydrogen) atoms. The van der Waals surface area contributed by atoms with E-state index in [4.69, 9.17) is 0 Å². The average Bonchev–Trinajstić information content (AvgIpc) is 2.28. The molecule has 1 aliphatic heterocycles. The van der Waals surface area contributed by atoms with Gasteiger partial charge in [-0.15, -0.1) is 0 Å². The highest BCUT2D eigenvalue weighted by atomic mass is 32.2. The second kappa shape index (κ2) is 5.86. The lowest BCUT2D eigenvalue weighted by atomic mass is 9.81. The molecule has 0 saturated carbocycles. The van der Waals surface area contributed by atoms with E-state index in [0.717, 1.165) is 12.8 Å². The highest BCUT2D eigenvalue weighted by molar-refractivity contribution is 7.89. The average molecular weight is 278 g/mol. The minimum Gasteiger partial charge on any atom is -0.396 e. The Morgan fingerprint density at radius 1 is 1.39 bits per heavy atom. The van der Waals surface area contributed by atoms with Crippen LogP contribution in [0.2, 0.25) is 0 Å². The number of sulfonamides is 1. The van der Waals surface area contributed by atoms with Crippen molar-refractivity contribution in [1.29, 1.82) is 0 Å². The fourth-order valence-electron chi connectivity index (χ4n) is 2.66. The quantitative estimate of drug-likeness (QED) is 0.789. The molecular weight excluding hydrogens is 252 g/mol. The SMILES string of the molecule is CC(C)S(=O)(=O)N1CCCC(CO)(CN(C)C)C1. The van der Waals surface area contributed by atoms with Crippen molar-refractivity contribution in [3.63, 3.8) is 0 Å². The standard InChI is InChI=1S/C12H26N2O3S/c1-11(2)18(16,17)14-7-5-6-12(9-14,10-15)8-13(3)4/h11,15H,5-10H2,1-4H3. The summed E-state index contributed by atoms with van der Waals surface area (Å²) in [5.41, 5.74) is -0.316. The summed E-state index contributed by atoms with van der Waals surface area (Å²) in [6, 6.07) is 0. The molecule has 6 heteroatoms. The van der Waals surface area contributed by atoms with Crippen molar-refractivity contribution in [2.45, 2.75) is 31.9 Å². The Hall–Kier alpha value is -0.170. The first-order valence-corrected chi connectivity index (χ1v) is 7.98. The first-order chi connectivity index (χ1) is 8.23. The normalized spacial score (nSPS) is 27.1. The van der Waals surface area contributed by atoms with Gasteiger partial charge in [-0.3, -0.25) is 0 Å². The molecule has 0 aliphatic carbocycles. The topological polar surface area (TPSA) is 60.9 Å². The molecule has 0 spiro atoms. The predicted molar refractivity (Wildman–Crippen MR) is 72.9 cm³/mol. The van der Waals surface area contributed by atoms with Crippen LogP contribution in [0.4, 0.5) is 0 Å². The lowest BCUT2D eigenvalue weighted by Crippen LogP contribution is -2.53. The van der Waals surface area contributed by atoms with E-state index in [1.807, 2.05) is 19.0 Å². The minimum atomic E-state index is -3.21. The van der Waals surface area contributed by atoms with E-state index in [2.05, 4.69) is 0 Å². The second-order valence-electron chi connectivity index (χ2n) is 5.93. The van der Waals surface area contributed by atoms with Crippen LogP contribution in [0.5, 0.6) is 0 Å². The van der Waals surface area contributed by atoms with E-state index in [1.165, 1.54) is 0 Å². The molecule has 1 unspecified atom stereocenters. The molecule has 1 heterocycles. The van der Waals surface area contributed by atoms with Crippen LogP contribution in [0.3, 0.4) is 0 Å². The number of hydrogen-bond donors (Lipinski definition) is 1. The minimum absolute atomic E-state index is 0.0370. The van der Waals surface area contributed by atoms with E-state index < -0.39 is 15.3 Å². The first-order valence-electron chi connectivity index (χ1n) is 6.48. The van der Waals surface area contributed by atoms with Crippen molar-refractivity contribution < 1.29 is 13.5 Å². The largest absolute Gasteiger partial charge is 0.396 e. The predicted octanol–water partition coefficient (Wildman–Crippen LogP) is 0.361. The van der Waals surface area contributed by atoms with Crippen LogP contribution in [0.15, 0.2) is 0 Å². The fourth-order valence-corrected chi connectivity index (χ4v) is 4.09. The van der Waals surface area contributed by atoms with Crippen molar-refractivity contribution in [3.8, 4) is 0 Å². The van der Waals surface area contributed by atoms with Crippen LogP contribution in [-0.2, 0) is 10.0 Å². The Balaban J connectivity index is 2.88. The zero-order valence-corrected chi connectivity index (χ0v) is 12.7. The Kier molecular flexibility index (Phi) is 5.17. The molecule has 0 radical (unpaired) electrons. The summed E-state index contributed by atoms with van der Waals surface area (Å²) >= 11 is 0. The second-order valence-corrected chi connectivity index (χ2v) is 8.42. The molecule has 1 N–H and O–H groups in total. The van der Waals surface area contributed by atoms with Gasteiger partial charge in [0, 0.05) is 25.0 Å². The lowest BCUT2D eigenvalue weighted by molar-refractivity contribution is 0.0407. The molecule has 108 valence electrons. The van der Waals surface area contributed by atoms with E-state index in [9.17, 15) is 13.5 Å². The summed E-state index contributed by atoms with van der Waals surface area (Å²) in [4.78, 5) is 2.02. The molecule has 5 nitrogen and oxygen atoms in total. The fraction of sp³-hybridized carbons (Fsp3) is 1.00. The Morgan fingerprint density at radius 3 is 2.44 bits per heavy atom. The number of nitrogens with zero attached hydrogens (tertiary/aromatic N) is 2. The molecule has 1 atom stereocenters. The van der Waals surface area contributed by atoms with Crippen LogP contribution in [0.25, 0.3) is 0 Å². The van der Waals surface area contributed by atoms with Crippen LogP contribution in [-0.4, -0.2) is 68.3 Å². The number of aliphatic hydroxyl groups is 1. The van der Waals surface area contributed by atoms with Crippen molar-refractivity contribution in [2.75, 3.05) is 40.3 Å². The molecule has 0 aromatic carbocycles. The van der Waals surface area contributed by atoms with E-state index >= 15 is 0 Å². The van der Waals surface area contributed by atoms with E-state index in [-0.39, 0.29) is 12.0 Å². The van der Waals surface area contributed by atoms with Crippen molar-refractivity contribution in [1.82, 2.24) is 9.21 Å². The van der Waals surface area contributed by atoms with Gasteiger partial charge in [-0.1, -0.05) is 0 Å². The van der Waals surface area contributed by atoms with Gasteiger partial charge in [-0.2, -0.15) is 0 Å². The Bertz CT molecular complexity index is 368. The Morgan fingerprint density at radius 2 is 2.00 bits per heavy atom. The summed E-state index contributed by atoms with van der Waals surface area (Å²) in [5.74, 6) is 0. The van der Waals surface area contributed by atoms with Crippen molar-refractivity contribution in [2.24, 2.45) is 5.41 Å². The molecule has 0 aromatic rings. The molecule has 0 aromatic heterocycles. The van der Waals surface area contributed by atoms with Gasteiger partial charge in [0.1, 0.15) is 0 Å². The highest BCUT2D eigenvalue weighted by Gasteiger charge is 2.40. The molecule has 1 aliphatic rings. The maximum absolute atomic E-state index is 12.2. The molecule has 0 bridgehead atoms. The number of piperidine rings is 1. The maximum atomic E-state index is 12.2. The van der Waals surface area contributed by atoms with Crippen LogP contribution < -0.4 is 0 Å². The van der Waals surface area contributed by atoms with Crippen LogP contribution in [0.1, 0.15) is 26.7 Å². The highest BCUT2D eigenvalue weighted by Crippen LogP contribution is 2.32. The van der Waals surface area contributed by atoms with E-state index in [1.54, 1.807) is 18.2 Å². The number of aliphatic hydroxyl groups excluding tert-OH is 1. The van der Waals surface area contributed by atoms with Crippen LogP contribution in [0, 0.1) is 5.41 Å². The lowest BCUT2D eigenvalue weighted by Gasteiger charge is -2.43. The van der Waals surface area contributed by atoms with Gasteiger partial charge in [0.2, 0.25) is 10.0 Å². The summed E-state index contributed by atoms with van der Waals surface area (Å²) < 4.78 is 26.0. The van der Waals surface area contributed by atoms with Gasteiger partial charge in [-0.05, 0) is 40.8 Å². The van der Waals surface area contributed by atoms with Gasteiger partial charge in [0.25, 0.3) is 0 Å². The summed E-state index contributed by atoms with van der Waals surface area (Å²) in [7, 11) is 0.690. The molecule has 0 amide bonds. The summed E-state index contributed by atoms with van der Waals surface area (Å²) in [5, 5.41) is 9.27. The van der Waals surface area contributed by atoms with E-state index in [0.29, 0.717) is 19.6 Å². The van der Waals surface area contributed by atoms with Crippen molar-refractivity contribution >= 4 is 10.0 Å². The van der Waals surface area contributed by atoms with Gasteiger partial charge in [-0.25, -0.2) is 12.7 Å². The monoisotopic (exact) mass is 278 g/mol. The number of hydrogen-bond acceptors (Lipinski definition) is 4. The third-order valence-electron chi connectivity index (χ3n) is 3.57. The summed E-state index contributed by atoms with van der Waals surface area (Å²) in [6.07, 6.45) is 1.70. The van der Waals surface area contributed by atoms with Gasteiger partial charge in [0.15, 0.2) is 0 Å². The zero-order chi connectivity index (χ0) is 14.0. The molecular formula is C12H26N2O3S. The summed E-state index contributed by atoms with van der Waals surface area (Å²) in [6.45, 7) is 5.17. The molecule has 1 fully saturated rings. The van der Waals surface area contributed by atoms with Crippen LogP contribution >= 0.6 is 0 Å². The van der Waals surface area contributed by atoms with Crippen molar-refractivity contribution in [3.05, 3.63) is 0 Å². The first kappa shape index (κ1) is 15.9. The van der Waals surface area contributed by atoms with Gasteiger partial charge in [0.05, 0.1) is 11.9 Å². The Labute approximate surface area is 111 Å². The third-order valence-corrected chi connectivity index (χ3v) is 5.79. The van der Waals surface area contributed by atoms with Gasteiger partial charge < -0.3 is 10.0 Å². The third kappa shape index (κ3) is 3.44. The molecule has 1 rings (SSSR count). The molecule has 1 saturated heterocycles.